The highest BCUT2D eigenvalue weighted by Crippen LogP contribution is 2.21. The van der Waals surface area contributed by atoms with E-state index in [4.69, 9.17) is 5.73 Å². The predicted molar refractivity (Wildman–Crippen MR) is 73.0 cm³/mol. The van der Waals surface area contributed by atoms with Gasteiger partial charge in [0.05, 0.1) is 0 Å². The van der Waals surface area contributed by atoms with Gasteiger partial charge in [0.2, 0.25) is 0 Å². The van der Waals surface area contributed by atoms with E-state index in [0.717, 1.165) is 19.0 Å². The molecule has 1 aromatic rings. The van der Waals surface area contributed by atoms with Gasteiger partial charge in [-0.15, -0.1) is 0 Å². The molecule has 0 amide bonds. The number of hydrogen-bond acceptors (Lipinski definition) is 2. The second kappa shape index (κ2) is 5.65. The fourth-order valence-corrected chi connectivity index (χ4v) is 2.79. The number of hydrogen-bond donors (Lipinski definition) is 1. The summed E-state index contributed by atoms with van der Waals surface area (Å²) in [6, 6.07) is 9.40. The van der Waals surface area contributed by atoms with Gasteiger partial charge in [0.15, 0.2) is 0 Å². The second-order valence-electron chi connectivity index (χ2n) is 5.28. The van der Waals surface area contributed by atoms with Gasteiger partial charge in [-0.25, -0.2) is 0 Å². The van der Waals surface area contributed by atoms with E-state index in [1.165, 1.54) is 30.5 Å². The first-order chi connectivity index (χ1) is 8.18. The maximum atomic E-state index is 6.29. The zero-order chi connectivity index (χ0) is 12.3. The van der Waals surface area contributed by atoms with Gasteiger partial charge in [0, 0.05) is 18.6 Å². The van der Waals surface area contributed by atoms with Crippen LogP contribution in [0.25, 0.3) is 0 Å². The number of nitrogens with zero attached hydrogens (tertiary/aromatic N) is 1. The summed E-state index contributed by atoms with van der Waals surface area (Å²) < 4.78 is 0. The van der Waals surface area contributed by atoms with Crippen molar-refractivity contribution >= 4 is 0 Å². The Morgan fingerprint density at radius 2 is 2.18 bits per heavy atom. The van der Waals surface area contributed by atoms with E-state index >= 15 is 0 Å². The summed E-state index contributed by atoms with van der Waals surface area (Å²) in [5.41, 5.74) is 8.91. The summed E-state index contributed by atoms with van der Waals surface area (Å²) in [6.45, 7) is 6.86. The van der Waals surface area contributed by atoms with Crippen molar-refractivity contribution < 1.29 is 0 Å². The highest BCUT2D eigenvalue weighted by atomic mass is 15.2. The first kappa shape index (κ1) is 12.6. The lowest BCUT2D eigenvalue weighted by atomic mass is 9.99. The van der Waals surface area contributed by atoms with Crippen molar-refractivity contribution in [3.8, 4) is 0 Å². The number of aryl methyl sites for hydroxylation is 1. The summed E-state index contributed by atoms with van der Waals surface area (Å²) in [5, 5.41) is 0. The summed E-state index contributed by atoms with van der Waals surface area (Å²) in [5.74, 6) is 0. The van der Waals surface area contributed by atoms with E-state index in [9.17, 15) is 0 Å². The Balaban J connectivity index is 1.89. The predicted octanol–water partition coefficient (Wildman–Crippen LogP) is 2.87. The molecule has 1 saturated heterocycles. The molecule has 2 atom stereocenters. The van der Waals surface area contributed by atoms with E-state index in [0.29, 0.717) is 0 Å². The minimum Gasteiger partial charge on any atom is -0.324 e. The highest BCUT2D eigenvalue weighted by molar-refractivity contribution is 5.28. The summed E-state index contributed by atoms with van der Waals surface area (Å²) in [6.07, 6.45) is 3.76. The fraction of sp³-hybridized carbons (Fsp3) is 0.600. The molecule has 0 saturated carbocycles. The molecule has 0 radical (unpaired) electrons. The zero-order valence-electron chi connectivity index (χ0n) is 11.0. The summed E-state index contributed by atoms with van der Waals surface area (Å²) in [4.78, 5) is 2.57. The monoisotopic (exact) mass is 232 g/mol. The molecule has 1 fully saturated rings. The average Bonchev–Trinajstić information content (AvgIpc) is 2.72. The lowest BCUT2D eigenvalue weighted by Crippen LogP contribution is -2.30. The lowest BCUT2D eigenvalue weighted by Gasteiger charge is -2.23. The Kier molecular flexibility index (Phi) is 4.19. The van der Waals surface area contributed by atoms with Gasteiger partial charge in [0.25, 0.3) is 0 Å². The van der Waals surface area contributed by atoms with Crippen molar-refractivity contribution in [2.75, 3.05) is 13.1 Å². The molecule has 0 aromatic heterocycles. The Morgan fingerprint density at radius 3 is 2.82 bits per heavy atom. The van der Waals surface area contributed by atoms with Gasteiger partial charge >= 0.3 is 0 Å². The smallest absolute Gasteiger partial charge is 0.0309 e. The van der Waals surface area contributed by atoms with Crippen LogP contribution in [0, 0.1) is 6.92 Å². The summed E-state index contributed by atoms with van der Waals surface area (Å²) >= 11 is 0. The van der Waals surface area contributed by atoms with Gasteiger partial charge in [-0.05, 0) is 50.8 Å². The third-order valence-corrected chi connectivity index (χ3v) is 4.01. The molecule has 0 spiro atoms. The lowest BCUT2D eigenvalue weighted by molar-refractivity contribution is 0.258. The Hall–Kier alpha value is -0.860. The van der Waals surface area contributed by atoms with Crippen LogP contribution in [-0.2, 0) is 0 Å². The van der Waals surface area contributed by atoms with Crippen LogP contribution >= 0.6 is 0 Å². The van der Waals surface area contributed by atoms with Crippen LogP contribution < -0.4 is 5.73 Å². The van der Waals surface area contributed by atoms with E-state index in [1.807, 2.05) is 0 Å². The van der Waals surface area contributed by atoms with Crippen molar-refractivity contribution in [2.45, 2.75) is 45.2 Å². The van der Waals surface area contributed by atoms with Crippen molar-refractivity contribution in [1.82, 2.24) is 4.90 Å². The average molecular weight is 232 g/mol. The number of nitrogens with two attached hydrogens (primary N) is 1. The maximum absolute atomic E-state index is 6.29. The van der Waals surface area contributed by atoms with E-state index < -0.39 is 0 Å². The molecule has 0 bridgehead atoms. The molecule has 0 aliphatic carbocycles. The third kappa shape index (κ3) is 3.08. The molecule has 17 heavy (non-hydrogen) atoms. The van der Waals surface area contributed by atoms with Crippen LogP contribution in [0.15, 0.2) is 24.3 Å². The molecule has 2 N–H and O–H groups in total. The minimum atomic E-state index is 0.184. The Morgan fingerprint density at radius 1 is 1.41 bits per heavy atom. The molecule has 1 aliphatic rings. The van der Waals surface area contributed by atoms with Gasteiger partial charge in [-0.1, -0.05) is 24.3 Å². The first-order valence-electron chi connectivity index (χ1n) is 6.73. The Labute approximate surface area is 105 Å². The molecule has 1 aromatic carbocycles. The van der Waals surface area contributed by atoms with Crippen molar-refractivity contribution in [3.05, 3.63) is 35.4 Å². The van der Waals surface area contributed by atoms with E-state index in [1.54, 1.807) is 0 Å². The molecular formula is C15H24N2. The normalized spacial score (nSPS) is 22.9. The third-order valence-electron chi connectivity index (χ3n) is 4.01. The second-order valence-corrected chi connectivity index (χ2v) is 5.28. The van der Waals surface area contributed by atoms with Crippen LogP contribution in [0.4, 0.5) is 0 Å². The van der Waals surface area contributed by atoms with Gasteiger partial charge in [-0.3, -0.25) is 0 Å². The molecule has 2 heteroatoms. The molecule has 94 valence electrons. The standard InChI is InChI=1S/C15H24N2/c1-12-6-3-4-8-14(12)15(16)9-11-17-10-5-7-13(17)2/h3-4,6,8,13,15H,5,7,9-11,16H2,1-2H3. The first-order valence-corrected chi connectivity index (χ1v) is 6.73. The number of rotatable bonds is 4. The van der Waals surface area contributed by atoms with E-state index in [-0.39, 0.29) is 6.04 Å². The van der Waals surface area contributed by atoms with Crippen molar-refractivity contribution in [2.24, 2.45) is 5.73 Å². The summed E-state index contributed by atoms with van der Waals surface area (Å²) in [7, 11) is 0. The maximum Gasteiger partial charge on any atom is 0.0309 e. The van der Waals surface area contributed by atoms with Gasteiger partial charge in [0.1, 0.15) is 0 Å². The van der Waals surface area contributed by atoms with Crippen molar-refractivity contribution in [1.29, 1.82) is 0 Å². The van der Waals surface area contributed by atoms with E-state index in [2.05, 4.69) is 43.0 Å². The van der Waals surface area contributed by atoms with Crippen LogP contribution in [0.1, 0.15) is 43.4 Å². The quantitative estimate of drug-likeness (QED) is 0.865. The van der Waals surface area contributed by atoms with Crippen LogP contribution in [0.3, 0.4) is 0 Å². The van der Waals surface area contributed by atoms with Gasteiger partial charge in [-0.2, -0.15) is 0 Å². The largest absolute Gasteiger partial charge is 0.324 e. The minimum absolute atomic E-state index is 0.184. The van der Waals surface area contributed by atoms with Gasteiger partial charge < -0.3 is 10.6 Å². The number of benzene rings is 1. The van der Waals surface area contributed by atoms with Crippen LogP contribution in [0.5, 0.6) is 0 Å². The molecular weight excluding hydrogens is 208 g/mol. The van der Waals surface area contributed by atoms with Crippen LogP contribution in [0.2, 0.25) is 0 Å². The Bertz CT molecular complexity index is 362. The molecule has 2 nitrogen and oxygen atoms in total. The topological polar surface area (TPSA) is 29.3 Å². The fourth-order valence-electron chi connectivity index (χ4n) is 2.79. The van der Waals surface area contributed by atoms with Crippen molar-refractivity contribution in [3.63, 3.8) is 0 Å². The molecule has 1 heterocycles. The SMILES string of the molecule is Cc1ccccc1C(N)CCN1CCCC1C. The molecule has 1 aliphatic heterocycles. The number of likely N-dealkylation sites (tertiary alicyclic amines) is 1. The van der Waals surface area contributed by atoms with Crippen LogP contribution in [-0.4, -0.2) is 24.0 Å². The zero-order valence-corrected chi connectivity index (χ0v) is 11.0. The molecule has 2 rings (SSSR count). The highest BCUT2D eigenvalue weighted by Gasteiger charge is 2.20. The molecule has 2 unspecified atom stereocenters.